The van der Waals surface area contributed by atoms with Crippen molar-refractivity contribution in [1.82, 2.24) is 4.90 Å². The minimum atomic E-state index is -4.38. The summed E-state index contributed by atoms with van der Waals surface area (Å²) in [6.45, 7) is 2.48. The summed E-state index contributed by atoms with van der Waals surface area (Å²) in [5.41, 5.74) is 1.93. The SMILES string of the molecule is COc1cc2c(cc1OC)[C@@H](C)N(C(=O)Cc1ccc(C(F)(F)F)cc1)CC2. The molecule has 1 amide bonds. The summed E-state index contributed by atoms with van der Waals surface area (Å²) >= 11 is 0. The number of hydrogen-bond donors (Lipinski definition) is 0. The van der Waals surface area contributed by atoms with E-state index in [1.807, 2.05) is 19.1 Å². The van der Waals surface area contributed by atoms with Gasteiger partial charge in [-0.05, 0) is 54.3 Å². The Morgan fingerprint density at radius 2 is 1.71 bits per heavy atom. The first-order chi connectivity index (χ1) is 13.2. The number of methoxy groups -OCH3 is 2. The van der Waals surface area contributed by atoms with Crippen LogP contribution < -0.4 is 9.47 Å². The molecule has 1 aliphatic heterocycles. The van der Waals surface area contributed by atoms with Gasteiger partial charge in [-0.15, -0.1) is 0 Å². The molecule has 2 aromatic carbocycles. The smallest absolute Gasteiger partial charge is 0.416 e. The molecule has 1 aliphatic rings. The monoisotopic (exact) mass is 393 g/mol. The van der Waals surface area contributed by atoms with Crippen LogP contribution in [0.3, 0.4) is 0 Å². The standard InChI is InChI=1S/C21H22F3NO3/c1-13-17-12-19(28-3)18(27-2)11-15(17)8-9-25(13)20(26)10-14-4-6-16(7-5-14)21(22,23)24/h4-7,11-13H,8-10H2,1-3H3/t13-/m1/s1. The summed E-state index contributed by atoms with van der Waals surface area (Å²) in [5.74, 6) is 1.14. The summed E-state index contributed by atoms with van der Waals surface area (Å²) in [4.78, 5) is 14.6. The van der Waals surface area contributed by atoms with Crippen molar-refractivity contribution in [2.45, 2.75) is 32.0 Å². The van der Waals surface area contributed by atoms with E-state index in [1.54, 1.807) is 19.1 Å². The third-order valence-corrected chi connectivity index (χ3v) is 5.14. The summed E-state index contributed by atoms with van der Waals surface area (Å²) in [6.07, 6.45) is -3.64. The Balaban J connectivity index is 1.77. The molecule has 28 heavy (non-hydrogen) atoms. The first-order valence-corrected chi connectivity index (χ1v) is 8.95. The van der Waals surface area contributed by atoms with Gasteiger partial charge in [0.25, 0.3) is 0 Å². The van der Waals surface area contributed by atoms with Crippen molar-refractivity contribution in [3.8, 4) is 11.5 Å². The summed E-state index contributed by atoms with van der Waals surface area (Å²) in [6, 6.07) is 8.39. The number of ether oxygens (including phenoxy) is 2. The summed E-state index contributed by atoms with van der Waals surface area (Å²) in [7, 11) is 3.14. The second-order valence-corrected chi connectivity index (χ2v) is 6.79. The number of carbonyl (C=O) groups excluding carboxylic acids is 1. The minimum absolute atomic E-state index is 0.0606. The van der Waals surface area contributed by atoms with Crippen LogP contribution in [0, 0.1) is 0 Å². The predicted molar refractivity (Wildman–Crippen MR) is 98.5 cm³/mol. The van der Waals surface area contributed by atoms with Gasteiger partial charge in [-0.25, -0.2) is 0 Å². The third kappa shape index (κ3) is 3.93. The van der Waals surface area contributed by atoms with Gasteiger partial charge in [0.2, 0.25) is 5.91 Å². The van der Waals surface area contributed by atoms with Crippen LogP contribution in [0.1, 0.15) is 35.2 Å². The van der Waals surface area contributed by atoms with Gasteiger partial charge >= 0.3 is 6.18 Å². The molecule has 0 bridgehead atoms. The highest BCUT2D eigenvalue weighted by Crippen LogP contribution is 2.38. The Labute approximate surface area is 161 Å². The number of benzene rings is 2. The molecule has 1 heterocycles. The highest BCUT2D eigenvalue weighted by molar-refractivity contribution is 5.79. The molecule has 150 valence electrons. The van der Waals surface area contributed by atoms with Gasteiger partial charge in [-0.2, -0.15) is 13.2 Å². The predicted octanol–water partition coefficient (Wildman–Crippen LogP) is 4.41. The van der Waals surface area contributed by atoms with Crippen LogP contribution in [-0.2, 0) is 23.8 Å². The molecule has 0 spiro atoms. The molecular weight excluding hydrogens is 371 g/mol. The normalized spacial score (nSPS) is 16.5. The fourth-order valence-corrected chi connectivity index (χ4v) is 3.57. The number of fused-ring (bicyclic) bond motifs is 1. The molecule has 0 aromatic heterocycles. The zero-order chi connectivity index (χ0) is 20.5. The fraction of sp³-hybridized carbons (Fsp3) is 0.381. The number of hydrogen-bond acceptors (Lipinski definition) is 3. The molecule has 1 atom stereocenters. The number of rotatable bonds is 4. The molecule has 0 unspecified atom stereocenters. The molecule has 0 saturated heterocycles. The van der Waals surface area contributed by atoms with Crippen molar-refractivity contribution in [2.24, 2.45) is 0 Å². The van der Waals surface area contributed by atoms with Crippen LogP contribution >= 0.6 is 0 Å². The number of halogens is 3. The van der Waals surface area contributed by atoms with E-state index in [0.717, 1.165) is 23.3 Å². The van der Waals surface area contributed by atoms with Crippen molar-refractivity contribution >= 4 is 5.91 Å². The fourth-order valence-electron chi connectivity index (χ4n) is 3.57. The Hall–Kier alpha value is -2.70. The van der Waals surface area contributed by atoms with Gasteiger partial charge in [-0.1, -0.05) is 12.1 Å². The van der Waals surface area contributed by atoms with Crippen molar-refractivity contribution in [1.29, 1.82) is 0 Å². The molecule has 0 N–H and O–H groups in total. The van der Waals surface area contributed by atoms with E-state index < -0.39 is 11.7 Å². The molecular formula is C21H22F3NO3. The van der Waals surface area contributed by atoms with Gasteiger partial charge < -0.3 is 14.4 Å². The highest BCUT2D eigenvalue weighted by atomic mass is 19.4. The lowest BCUT2D eigenvalue weighted by molar-refractivity contribution is -0.137. The lowest BCUT2D eigenvalue weighted by Crippen LogP contribution is -2.39. The van der Waals surface area contributed by atoms with Crippen molar-refractivity contribution in [3.05, 3.63) is 58.7 Å². The first kappa shape index (κ1) is 20.0. The molecule has 0 saturated carbocycles. The van der Waals surface area contributed by atoms with Crippen LogP contribution in [0.25, 0.3) is 0 Å². The van der Waals surface area contributed by atoms with Gasteiger partial charge in [-0.3, -0.25) is 4.79 Å². The van der Waals surface area contributed by atoms with Gasteiger partial charge in [0, 0.05) is 6.54 Å². The van der Waals surface area contributed by atoms with E-state index >= 15 is 0 Å². The lowest BCUT2D eigenvalue weighted by atomic mass is 9.92. The number of amides is 1. The second kappa shape index (κ2) is 7.73. The molecule has 7 heteroatoms. The largest absolute Gasteiger partial charge is 0.493 e. The second-order valence-electron chi connectivity index (χ2n) is 6.79. The van der Waals surface area contributed by atoms with Crippen LogP contribution in [0.5, 0.6) is 11.5 Å². The van der Waals surface area contributed by atoms with Crippen LogP contribution in [0.2, 0.25) is 0 Å². The van der Waals surface area contributed by atoms with Crippen molar-refractivity contribution in [3.63, 3.8) is 0 Å². The Morgan fingerprint density at radius 3 is 2.29 bits per heavy atom. The molecule has 3 rings (SSSR count). The number of carbonyl (C=O) groups is 1. The van der Waals surface area contributed by atoms with Gasteiger partial charge in [0.05, 0.1) is 32.2 Å². The number of nitrogens with zero attached hydrogens (tertiary/aromatic N) is 1. The first-order valence-electron chi connectivity index (χ1n) is 8.95. The molecule has 0 radical (unpaired) electrons. The summed E-state index contributed by atoms with van der Waals surface area (Å²) < 4.78 is 48.8. The van der Waals surface area contributed by atoms with Crippen molar-refractivity contribution in [2.75, 3.05) is 20.8 Å². The van der Waals surface area contributed by atoms with Crippen LogP contribution in [-0.4, -0.2) is 31.6 Å². The van der Waals surface area contributed by atoms with E-state index in [-0.39, 0.29) is 18.4 Å². The zero-order valence-corrected chi connectivity index (χ0v) is 16.0. The molecule has 0 fully saturated rings. The van der Waals surface area contributed by atoms with Crippen LogP contribution in [0.15, 0.2) is 36.4 Å². The lowest BCUT2D eigenvalue weighted by Gasteiger charge is -2.36. The van der Waals surface area contributed by atoms with E-state index in [2.05, 4.69) is 0 Å². The average Bonchev–Trinajstić information content (AvgIpc) is 2.67. The average molecular weight is 393 g/mol. The highest BCUT2D eigenvalue weighted by Gasteiger charge is 2.31. The van der Waals surface area contributed by atoms with Crippen molar-refractivity contribution < 1.29 is 27.4 Å². The minimum Gasteiger partial charge on any atom is -0.493 e. The van der Waals surface area contributed by atoms with Gasteiger partial charge in [0.1, 0.15) is 0 Å². The maximum absolute atomic E-state index is 12.8. The van der Waals surface area contributed by atoms with E-state index in [0.29, 0.717) is 30.0 Å². The van der Waals surface area contributed by atoms with E-state index in [1.165, 1.54) is 12.1 Å². The molecule has 0 aliphatic carbocycles. The number of alkyl halides is 3. The van der Waals surface area contributed by atoms with E-state index in [9.17, 15) is 18.0 Å². The maximum atomic E-state index is 12.8. The van der Waals surface area contributed by atoms with Crippen LogP contribution in [0.4, 0.5) is 13.2 Å². The summed E-state index contributed by atoms with van der Waals surface area (Å²) in [5, 5.41) is 0. The molecule has 2 aromatic rings. The Kier molecular flexibility index (Phi) is 5.54. The quantitative estimate of drug-likeness (QED) is 0.772. The Morgan fingerprint density at radius 1 is 1.11 bits per heavy atom. The molecule has 4 nitrogen and oxygen atoms in total. The van der Waals surface area contributed by atoms with Gasteiger partial charge in [0.15, 0.2) is 11.5 Å². The zero-order valence-electron chi connectivity index (χ0n) is 16.0. The van der Waals surface area contributed by atoms with E-state index in [4.69, 9.17) is 9.47 Å². The Bertz CT molecular complexity index is 862. The topological polar surface area (TPSA) is 38.8 Å². The maximum Gasteiger partial charge on any atom is 0.416 e. The third-order valence-electron chi connectivity index (χ3n) is 5.14.